The number of benzene rings is 2. The zero-order chi connectivity index (χ0) is 23.5. The second-order valence-electron chi connectivity index (χ2n) is 7.73. The average molecular weight is 448 g/mol. The van der Waals surface area contributed by atoms with E-state index >= 15 is 0 Å². The van der Waals surface area contributed by atoms with Gasteiger partial charge in [-0.3, -0.25) is 19.6 Å². The zero-order valence-electron chi connectivity index (χ0n) is 18.3. The van der Waals surface area contributed by atoms with Crippen LogP contribution in [0, 0.1) is 0 Å². The number of aromatic nitrogens is 2. The molecule has 2 amide bonds. The summed E-state index contributed by atoms with van der Waals surface area (Å²) in [7, 11) is 1.60. The molecule has 1 heterocycles. The van der Waals surface area contributed by atoms with Gasteiger partial charge in [0.15, 0.2) is 5.82 Å². The van der Waals surface area contributed by atoms with Crippen LogP contribution in [-0.2, 0) is 16.6 Å². The number of anilines is 1. The number of rotatable bonds is 7. The molecule has 0 unspecified atom stereocenters. The predicted molar refractivity (Wildman–Crippen MR) is 121 cm³/mol. The third-order valence-corrected chi connectivity index (χ3v) is 5.62. The van der Waals surface area contributed by atoms with Crippen LogP contribution < -0.4 is 5.32 Å². The van der Waals surface area contributed by atoms with Gasteiger partial charge in [0, 0.05) is 25.7 Å². The minimum absolute atomic E-state index is 0.0172. The van der Waals surface area contributed by atoms with Crippen LogP contribution in [0.15, 0.2) is 54.7 Å². The number of carbonyl (C=O) groups excluding carboxylic acids is 2. The molecule has 0 saturated heterocycles. The Morgan fingerprint density at radius 3 is 2.27 bits per heavy atom. The van der Waals surface area contributed by atoms with Crippen molar-refractivity contribution in [2.24, 2.45) is 7.05 Å². The highest BCUT2D eigenvalue weighted by Crippen LogP contribution is 2.44. The summed E-state index contributed by atoms with van der Waals surface area (Å²) in [5.41, 5.74) is 4.52. The standard InChI is InChI=1S/C24H24N4O5/c1-3-28(13-21(29)30)23(31)19-12-27(2)26-22(19)25-24(32)33-14-20-17-10-6-4-8-15(17)16-9-5-7-11-18(16)20/h4-12,20H,3,13-14H2,1-2H3,(H,29,30)(H,25,26,32). The highest BCUT2D eigenvalue weighted by molar-refractivity contribution is 6.02. The molecular formula is C24H24N4O5. The zero-order valence-corrected chi connectivity index (χ0v) is 18.3. The molecule has 0 radical (unpaired) electrons. The third-order valence-electron chi connectivity index (χ3n) is 5.62. The number of ether oxygens (including phenoxy) is 1. The summed E-state index contributed by atoms with van der Waals surface area (Å²) in [6.45, 7) is 1.55. The Balaban J connectivity index is 1.48. The molecule has 0 spiro atoms. The van der Waals surface area contributed by atoms with Crippen molar-refractivity contribution in [1.82, 2.24) is 14.7 Å². The van der Waals surface area contributed by atoms with Gasteiger partial charge in [-0.25, -0.2) is 4.79 Å². The fraction of sp³-hybridized carbons (Fsp3) is 0.250. The van der Waals surface area contributed by atoms with Gasteiger partial charge in [-0.05, 0) is 29.2 Å². The topological polar surface area (TPSA) is 114 Å². The fourth-order valence-electron chi connectivity index (χ4n) is 4.13. The van der Waals surface area contributed by atoms with Gasteiger partial charge in [-0.2, -0.15) is 5.10 Å². The minimum Gasteiger partial charge on any atom is -0.480 e. The number of nitrogens with zero attached hydrogens (tertiary/aromatic N) is 3. The van der Waals surface area contributed by atoms with Crippen molar-refractivity contribution in [3.8, 4) is 11.1 Å². The summed E-state index contributed by atoms with van der Waals surface area (Å²) < 4.78 is 6.90. The van der Waals surface area contributed by atoms with Crippen molar-refractivity contribution in [1.29, 1.82) is 0 Å². The minimum atomic E-state index is -1.12. The molecular weight excluding hydrogens is 424 g/mol. The number of carboxylic acids is 1. The Labute approximate surface area is 190 Å². The molecule has 0 fully saturated rings. The van der Waals surface area contributed by atoms with Crippen molar-refractivity contribution in [3.05, 3.63) is 71.4 Å². The normalized spacial score (nSPS) is 12.1. The second-order valence-corrected chi connectivity index (χ2v) is 7.73. The Hall–Kier alpha value is -4.14. The number of amides is 2. The number of carbonyl (C=O) groups is 3. The molecule has 3 aromatic rings. The first-order valence-electron chi connectivity index (χ1n) is 10.6. The Kier molecular flexibility index (Phi) is 6.12. The highest BCUT2D eigenvalue weighted by atomic mass is 16.5. The van der Waals surface area contributed by atoms with E-state index < -0.39 is 24.5 Å². The van der Waals surface area contributed by atoms with Gasteiger partial charge in [-0.1, -0.05) is 48.5 Å². The van der Waals surface area contributed by atoms with Crippen molar-refractivity contribution >= 4 is 23.8 Å². The summed E-state index contributed by atoms with van der Waals surface area (Å²) in [5, 5.41) is 15.7. The number of nitrogens with one attached hydrogen (secondary N) is 1. The molecule has 0 aliphatic heterocycles. The third kappa shape index (κ3) is 4.43. The van der Waals surface area contributed by atoms with Crippen LogP contribution in [0.4, 0.5) is 10.6 Å². The predicted octanol–water partition coefficient (Wildman–Crippen LogP) is 3.33. The molecule has 1 aromatic heterocycles. The maximum Gasteiger partial charge on any atom is 0.412 e. The number of carboxylic acid groups (broad SMARTS) is 1. The number of aliphatic carboxylic acids is 1. The highest BCUT2D eigenvalue weighted by Gasteiger charge is 2.29. The fourth-order valence-corrected chi connectivity index (χ4v) is 4.13. The number of hydrogen-bond acceptors (Lipinski definition) is 5. The van der Waals surface area contributed by atoms with Crippen LogP contribution in [0.2, 0.25) is 0 Å². The molecule has 9 nitrogen and oxygen atoms in total. The first-order valence-corrected chi connectivity index (χ1v) is 10.6. The smallest absolute Gasteiger partial charge is 0.412 e. The molecule has 170 valence electrons. The molecule has 0 atom stereocenters. The van der Waals surface area contributed by atoms with Gasteiger partial charge in [0.25, 0.3) is 5.91 Å². The quantitative estimate of drug-likeness (QED) is 0.573. The van der Waals surface area contributed by atoms with E-state index in [1.165, 1.54) is 10.9 Å². The largest absolute Gasteiger partial charge is 0.480 e. The van der Waals surface area contributed by atoms with E-state index in [1.54, 1.807) is 14.0 Å². The lowest BCUT2D eigenvalue weighted by Crippen LogP contribution is -2.35. The number of fused-ring (bicyclic) bond motifs is 3. The van der Waals surface area contributed by atoms with E-state index in [0.29, 0.717) is 0 Å². The van der Waals surface area contributed by atoms with Crippen LogP contribution in [0.25, 0.3) is 11.1 Å². The molecule has 1 aliphatic carbocycles. The summed E-state index contributed by atoms with van der Waals surface area (Å²) in [5.74, 6) is -1.75. The maximum atomic E-state index is 12.8. The summed E-state index contributed by atoms with van der Waals surface area (Å²) in [6.07, 6.45) is 0.692. The Morgan fingerprint density at radius 2 is 1.70 bits per heavy atom. The van der Waals surface area contributed by atoms with Gasteiger partial charge in [-0.15, -0.1) is 0 Å². The van der Waals surface area contributed by atoms with Crippen LogP contribution in [0.3, 0.4) is 0 Å². The first-order chi connectivity index (χ1) is 15.9. The molecule has 0 bridgehead atoms. The van der Waals surface area contributed by atoms with Gasteiger partial charge in [0.2, 0.25) is 0 Å². The van der Waals surface area contributed by atoms with E-state index in [4.69, 9.17) is 9.84 Å². The SMILES string of the molecule is CCN(CC(=O)O)C(=O)c1cn(C)nc1NC(=O)OCC1c2ccccc2-c2ccccc21. The molecule has 0 saturated carbocycles. The molecule has 1 aliphatic rings. The van der Waals surface area contributed by atoms with Crippen molar-refractivity contribution in [2.75, 3.05) is 25.0 Å². The summed E-state index contributed by atoms with van der Waals surface area (Å²) in [4.78, 5) is 37.6. The van der Waals surface area contributed by atoms with E-state index in [0.717, 1.165) is 27.2 Å². The summed E-state index contributed by atoms with van der Waals surface area (Å²) in [6, 6.07) is 16.0. The summed E-state index contributed by atoms with van der Waals surface area (Å²) >= 11 is 0. The van der Waals surface area contributed by atoms with Crippen LogP contribution in [0.5, 0.6) is 0 Å². The van der Waals surface area contributed by atoms with Gasteiger partial charge in [0.1, 0.15) is 18.7 Å². The molecule has 2 N–H and O–H groups in total. The number of hydrogen-bond donors (Lipinski definition) is 2. The van der Waals surface area contributed by atoms with Gasteiger partial charge >= 0.3 is 12.1 Å². The van der Waals surface area contributed by atoms with Crippen LogP contribution >= 0.6 is 0 Å². The van der Waals surface area contributed by atoms with Crippen LogP contribution in [0.1, 0.15) is 34.3 Å². The van der Waals surface area contributed by atoms with E-state index in [2.05, 4.69) is 22.5 Å². The lowest BCUT2D eigenvalue weighted by Gasteiger charge is -2.18. The number of likely N-dealkylation sites (N-methyl/N-ethyl adjacent to an activating group) is 1. The molecule has 2 aromatic carbocycles. The Bertz CT molecular complexity index is 1170. The van der Waals surface area contributed by atoms with E-state index in [1.807, 2.05) is 36.4 Å². The second kappa shape index (κ2) is 9.15. The lowest BCUT2D eigenvalue weighted by atomic mass is 9.98. The van der Waals surface area contributed by atoms with E-state index in [-0.39, 0.29) is 30.5 Å². The maximum absolute atomic E-state index is 12.8. The molecule has 33 heavy (non-hydrogen) atoms. The lowest BCUT2D eigenvalue weighted by molar-refractivity contribution is -0.137. The molecule has 9 heteroatoms. The van der Waals surface area contributed by atoms with Crippen molar-refractivity contribution in [2.45, 2.75) is 12.8 Å². The molecule has 4 rings (SSSR count). The van der Waals surface area contributed by atoms with E-state index in [9.17, 15) is 14.4 Å². The van der Waals surface area contributed by atoms with Gasteiger partial charge < -0.3 is 14.7 Å². The number of aryl methyl sites for hydroxylation is 1. The first kappa shape index (κ1) is 22.1. The monoisotopic (exact) mass is 448 g/mol. The van der Waals surface area contributed by atoms with Crippen LogP contribution in [-0.4, -0.2) is 57.5 Å². The Morgan fingerprint density at radius 1 is 1.09 bits per heavy atom. The van der Waals surface area contributed by atoms with Crippen molar-refractivity contribution < 1.29 is 24.2 Å². The van der Waals surface area contributed by atoms with Gasteiger partial charge in [0.05, 0.1) is 0 Å². The van der Waals surface area contributed by atoms with Crippen molar-refractivity contribution in [3.63, 3.8) is 0 Å². The average Bonchev–Trinajstić information content (AvgIpc) is 3.32.